The summed E-state index contributed by atoms with van der Waals surface area (Å²) < 4.78 is 27.2. The molecule has 6 heteroatoms. The molecule has 0 aliphatic carbocycles. The van der Waals surface area contributed by atoms with E-state index in [9.17, 15) is 8.42 Å². The number of hydrogen-bond donors (Lipinski definition) is 1. The molecular weight excluding hydrogens is 274 g/mol. The lowest BCUT2D eigenvalue weighted by Gasteiger charge is -2.23. The number of rotatable bonds is 3. The quantitative estimate of drug-likeness (QED) is 0.930. The van der Waals surface area contributed by atoms with Crippen molar-refractivity contribution in [2.45, 2.75) is 38.0 Å². The average molecular weight is 297 g/mol. The molecule has 1 aromatic heterocycles. The molecular formula is C14H23N3O2S. The van der Waals surface area contributed by atoms with Crippen LogP contribution in [0.15, 0.2) is 23.4 Å². The van der Waals surface area contributed by atoms with Gasteiger partial charge in [0, 0.05) is 32.5 Å². The summed E-state index contributed by atoms with van der Waals surface area (Å²) in [5.74, 6) is 0. The van der Waals surface area contributed by atoms with Crippen LogP contribution in [0, 0.1) is 5.41 Å². The van der Waals surface area contributed by atoms with Crippen LogP contribution in [0.1, 0.15) is 33.1 Å². The summed E-state index contributed by atoms with van der Waals surface area (Å²) in [5.41, 5.74) is 0.814. The van der Waals surface area contributed by atoms with Crippen LogP contribution in [0.3, 0.4) is 0 Å². The Morgan fingerprint density at radius 1 is 1.30 bits per heavy atom. The molecule has 1 aromatic rings. The van der Waals surface area contributed by atoms with Crippen LogP contribution in [0.2, 0.25) is 0 Å². The second-order valence-electron chi connectivity index (χ2n) is 6.04. The summed E-state index contributed by atoms with van der Waals surface area (Å²) in [4.78, 5) is 4.23. The van der Waals surface area contributed by atoms with Gasteiger partial charge in [0.1, 0.15) is 4.90 Å². The van der Waals surface area contributed by atoms with E-state index in [2.05, 4.69) is 24.1 Å². The van der Waals surface area contributed by atoms with Crippen LogP contribution < -0.4 is 5.32 Å². The van der Waals surface area contributed by atoms with E-state index in [-0.39, 0.29) is 10.3 Å². The normalized spacial score (nSPS) is 20.4. The SMILES string of the molecule is CNc1ccncc1S(=O)(=O)N1CCCC(C)(C)CC1. The highest BCUT2D eigenvalue weighted by Crippen LogP contribution is 2.32. The van der Waals surface area contributed by atoms with E-state index < -0.39 is 10.0 Å². The van der Waals surface area contributed by atoms with Crippen LogP contribution in [0.4, 0.5) is 5.69 Å². The predicted molar refractivity (Wildman–Crippen MR) is 80.2 cm³/mol. The van der Waals surface area contributed by atoms with Crippen molar-refractivity contribution < 1.29 is 8.42 Å². The fraction of sp³-hybridized carbons (Fsp3) is 0.643. The van der Waals surface area contributed by atoms with Gasteiger partial charge in [0.15, 0.2) is 0 Å². The van der Waals surface area contributed by atoms with Crippen LogP contribution in [0.5, 0.6) is 0 Å². The number of sulfonamides is 1. The molecule has 112 valence electrons. The Balaban J connectivity index is 2.30. The first-order valence-corrected chi connectivity index (χ1v) is 8.43. The number of aromatic nitrogens is 1. The highest BCUT2D eigenvalue weighted by molar-refractivity contribution is 7.89. The van der Waals surface area contributed by atoms with Crippen molar-refractivity contribution in [2.75, 3.05) is 25.5 Å². The lowest BCUT2D eigenvalue weighted by Crippen LogP contribution is -2.33. The van der Waals surface area contributed by atoms with Gasteiger partial charge in [0.2, 0.25) is 10.0 Å². The Labute approximate surface area is 121 Å². The van der Waals surface area contributed by atoms with Gasteiger partial charge < -0.3 is 5.32 Å². The Hall–Kier alpha value is -1.14. The summed E-state index contributed by atoms with van der Waals surface area (Å²) in [6.07, 6.45) is 5.88. The number of hydrogen-bond acceptors (Lipinski definition) is 4. The molecule has 0 atom stereocenters. The monoisotopic (exact) mass is 297 g/mol. The van der Waals surface area contributed by atoms with Crippen molar-refractivity contribution in [1.82, 2.24) is 9.29 Å². The molecule has 0 bridgehead atoms. The number of nitrogens with one attached hydrogen (secondary N) is 1. The van der Waals surface area contributed by atoms with Gasteiger partial charge in [-0.05, 0) is 30.7 Å². The lowest BCUT2D eigenvalue weighted by atomic mass is 9.85. The van der Waals surface area contributed by atoms with E-state index in [1.807, 2.05) is 0 Å². The molecule has 2 heterocycles. The van der Waals surface area contributed by atoms with Crippen molar-refractivity contribution in [3.63, 3.8) is 0 Å². The number of anilines is 1. The molecule has 1 saturated heterocycles. The van der Waals surface area contributed by atoms with Crippen molar-refractivity contribution in [3.05, 3.63) is 18.5 Å². The molecule has 1 N–H and O–H groups in total. The fourth-order valence-corrected chi connectivity index (χ4v) is 4.19. The molecule has 5 nitrogen and oxygen atoms in total. The summed E-state index contributed by atoms with van der Waals surface area (Å²) in [6.45, 7) is 5.57. The Morgan fingerprint density at radius 3 is 2.75 bits per heavy atom. The van der Waals surface area contributed by atoms with Gasteiger partial charge in [-0.1, -0.05) is 13.8 Å². The van der Waals surface area contributed by atoms with Crippen molar-refractivity contribution in [1.29, 1.82) is 0 Å². The highest BCUT2D eigenvalue weighted by atomic mass is 32.2. The van der Waals surface area contributed by atoms with E-state index in [1.165, 1.54) is 6.20 Å². The minimum Gasteiger partial charge on any atom is -0.387 e. The molecule has 1 aliphatic heterocycles. The molecule has 1 fully saturated rings. The zero-order valence-electron chi connectivity index (χ0n) is 12.4. The molecule has 2 rings (SSSR count). The second kappa shape index (κ2) is 5.69. The van der Waals surface area contributed by atoms with E-state index >= 15 is 0 Å². The maximum absolute atomic E-state index is 12.8. The summed E-state index contributed by atoms with van der Waals surface area (Å²) in [5, 5.41) is 2.93. The predicted octanol–water partition coefficient (Wildman–Crippen LogP) is 2.32. The molecule has 1 aliphatic rings. The fourth-order valence-electron chi connectivity index (χ4n) is 2.57. The van der Waals surface area contributed by atoms with Gasteiger partial charge in [-0.3, -0.25) is 4.98 Å². The first kappa shape index (κ1) is 15.3. The van der Waals surface area contributed by atoms with Gasteiger partial charge in [-0.15, -0.1) is 0 Å². The van der Waals surface area contributed by atoms with Crippen LogP contribution in [0.25, 0.3) is 0 Å². The van der Waals surface area contributed by atoms with Crippen molar-refractivity contribution in [3.8, 4) is 0 Å². The second-order valence-corrected chi connectivity index (χ2v) is 7.95. The van der Waals surface area contributed by atoms with Gasteiger partial charge in [-0.25, -0.2) is 8.42 Å². The zero-order valence-corrected chi connectivity index (χ0v) is 13.2. The minimum atomic E-state index is -3.47. The Kier molecular flexibility index (Phi) is 4.34. The van der Waals surface area contributed by atoms with Crippen LogP contribution in [-0.2, 0) is 10.0 Å². The van der Waals surface area contributed by atoms with Crippen molar-refractivity contribution >= 4 is 15.7 Å². The van der Waals surface area contributed by atoms with Gasteiger partial charge in [-0.2, -0.15) is 4.31 Å². The third-order valence-corrected chi connectivity index (χ3v) is 5.90. The minimum absolute atomic E-state index is 0.213. The van der Waals surface area contributed by atoms with Crippen molar-refractivity contribution in [2.24, 2.45) is 5.41 Å². The maximum Gasteiger partial charge on any atom is 0.246 e. The lowest BCUT2D eigenvalue weighted by molar-refractivity contribution is 0.315. The molecule has 0 amide bonds. The third kappa shape index (κ3) is 3.12. The van der Waals surface area contributed by atoms with E-state index in [0.29, 0.717) is 18.8 Å². The van der Waals surface area contributed by atoms with E-state index in [0.717, 1.165) is 19.3 Å². The maximum atomic E-state index is 12.8. The van der Waals surface area contributed by atoms with Crippen LogP contribution >= 0.6 is 0 Å². The zero-order chi connectivity index (χ0) is 14.8. The van der Waals surface area contributed by atoms with Gasteiger partial charge in [0.25, 0.3) is 0 Å². The Morgan fingerprint density at radius 2 is 2.05 bits per heavy atom. The van der Waals surface area contributed by atoms with E-state index in [1.54, 1.807) is 23.6 Å². The molecule has 20 heavy (non-hydrogen) atoms. The first-order chi connectivity index (χ1) is 9.37. The molecule has 0 saturated carbocycles. The molecule has 0 aromatic carbocycles. The average Bonchev–Trinajstić information content (AvgIpc) is 2.60. The molecule has 0 spiro atoms. The van der Waals surface area contributed by atoms with Gasteiger partial charge >= 0.3 is 0 Å². The molecule has 0 unspecified atom stereocenters. The topological polar surface area (TPSA) is 62.3 Å². The largest absolute Gasteiger partial charge is 0.387 e. The number of pyridine rings is 1. The highest BCUT2D eigenvalue weighted by Gasteiger charge is 2.31. The summed E-state index contributed by atoms with van der Waals surface area (Å²) in [6, 6.07) is 1.69. The first-order valence-electron chi connectivity index (χ1n) is 6.99. The van der Waals surface area contributed by atoms with Gasteiger partial charge in [0.05, 0.1) is 5.69 Å². The third-order valence-electron chi connectivity index (χ3n) is 3.97. The van der Waals surface area contributed by atoms with Crippen LogP contribution in [-0.4, -0.2) is 37.8 Å². The standard InChI is InChI=1S/C14H23N3O2S/c1-14(2)6-4-9-17(10-7-14)20(18,19)13-11-16-8-5-12(13)15-3/h5,8,11H,4,6-7,9-10H2,1-3H3,(H,15,16). The van der Waals surface area contributed by atoms with E-state index in [4.69, 9.17) is 0 Å². The smallest absolute Gasteiger partial charge is 0.246 e. The number of nitrogens with zero attached hydrogens (tertiary/aromatic N) is 2. The molecule has 0 radical (unpaired) electrons. The summed E-state index contributed by atoms with van der Waals surface area (Å²) in [7, 11) is -1.75. The summed E-state index contributed by atoms with van der Waals surface area (Å²) >= 11 is 0. The Bertz CT molecular complexity index is 570.